The smallest absolute Gasteiger partial charge is 0.119 e. The highest BCUT2D eigenvalue weighted by Crippen LogP contribution is 2.14. The van der Waals surface area contributed by atoms with Gasteiger partial charge >= 0.3 is 0 Å². The monoisotopic (exact) mass is 252 g/mol. The molecule has 0 unspecified atom stereocenters. The van der Waals surface area contributed by atoms with Crippen LogP contribution in [0.15, 0.2) is 24.3 Å². The molecule has 0 atom stereocenters. The van der Waals surface area contributed by atoms with Crippen LogP contribution in [-0.4, -0.2) is 20.3 Å². The van der Waals surface area contributed by atoms with E-state index in [0.29, 0.717) is 13.2 Å². The Kier molecular flexibility index (Phi) is 10.5. The van der Waals surface area contributed by atoms with Gasteiger partial charge < -0.3 is 9.47 Å². The Morgan fingerprint density at radius 3 is 2.11 bits per heavy atom. The van der Waals surface area contributed by atoms with E-state index in [0.717, 1.165) is 18.1 Å². The molecule has 18 heavy (non-hydrogen) atoms. The molecule has 0 amide bonds. The lowest BCUT2D eigenvalue weighted by Crippen LogP contribution is -2.04. The summed E-state index contributed by atoms with van der Waals surface area (Å²) in [6, 6.07) is 8.35. The maximum absolute atomic E-state index is 5.50. The zero-order chi connectivity index (χ0) is 13.8. The molecule has 0 radical (unpaired) electrons. The van der Waals surface area contributed by atoms with E-state index < -0.39 is 0 Å². The minimum absolute atomic E-state index is 0.613. The Labute approximate surface area is 112 Å². The topological polar surface area (TPSA) is 18.5 Å². The second-order valence-corrected chi connectivity index (χ2v) is 4.42. The van der Waals surface area contributed by atoms with Gasteiger partial charge in [-0.15, -0.1) is 0 Å². The van der Waals surface area contributed by atoms with Crippen molar-refractivity contribution in [3.8, 4) is 5.75 Å². The van der Waals surface area contributed by atoms with Crippen LogP contribution in [0.5, 0.6) is 5.75 Å². The standard InChI is InChI=1S/C14H22O2.C2H6/c1-12(2)4-5-13-6-8-14(9-7-13)16-11-10-15-3;1-2/h6-9,12H,4-5,10-11H2,1-3H3;1-2H3. The fourth-order valence-electron chi connectivity index (χ4n) is 1.45. The van der Waals surface area contributed by atoms with Crippen molar-refractivity contribution < 1.29 is 9.47 Å². The number of benzene rings is 1. The summed E-state index contributed by atoms with van der Waals surface area (Å²) in [6.07, 6.45) is 2.39. The van der Waals surface area contributed by atoms with E-state index in [-0.39, 0.29) is 0 Å². The number of methoxy groups -OCH3 is 1. The van der Waals surface area contributed by atoms with Gasteiger partial charge in [0.25, 0.3) is 0 Å². The van der Waals surface area contributed by atoms with E-state index in [1.54, 1.807) is 7.11 Å². The molecule has 1 aromatic carbocycles. The number of ether oxygens (including phenoxy) is 2. The summed E-state index contributed by atoms with van der Waals surface area (Å²) >= 11 is 0. The molecule has 104 valence electrons. The van der Waals surface area contributed by atoms with Crippen LogP contribution in [0.25, 0.3) is 0 Å². The first-order valence-corrected chi connectivity index (χ1v) is 6.93. The quantitative estimate of drug-likeness (QED) is 0.673. The molecular formula is C16H28O2. The van der Waals surface area contributed by atoms with E-state index in [9.17, 15) is 0 Å². The molecule has 0 aromatic heterocycles. The summed E-state index contributed by atoms with van der Waals surface area (Å²) < 4.78 is 10.4. The summed E-state index contributed by atoms with van der Waals surface area (Å²) in [5.41, 5.74) is 1.38. The highest BCUT2D eigenvalue weighted by atomic mass is 16.5. The van der Waals surface area contributed by atoms with E-state index in [2.05, 4.69) is 26.0 Å². The van der Waals surface area contributed by atoms with E-state index in [4.69, 9.17) is 9.47 Å². The molecule has 0 saturated carbocycles. The molecule has 0 heterocycles. The van der Waals surface area contributed by atoms with Crippen LogP contribution in [0.3, 0.4) is 0 Å². The molecule has 2 heteroatoms. The summed E-state index contributed by atoms with van der Waals surface area (Å²) in [5.74, 6) is 1.68. The Hall–Kier alpha value is -1.02. The van der Waals surface area contributed by atoms with Gasteiger partial charge in [0, 0.05) is 7.11 Å². The van der Waals surface area contributed by atoms with Gasteiger partial charge in [-0.05, 0) is 36.5 Å². The molecular weight excluding hydrogens is 224 g/mol. The average molecular weight is 252 g/mol. The molecule has 1 rings (SSSR count). The van der Waals surface area contributed by atoms with Crippen molar-refractivity contribution in [3.63, 3.8) is 0 Å². The first-order chi connectivity index (χ1) is 8.72. The van der Waals surface area contributed by atoms with Crippen molar-refractivity contribution in [2.24, 2.45) is 5.92 Å². The minimum atomic E-state index is 0.613. The lowest BCUT2D eigenvalue weighted by Gasteiger charge is -2.07. The van der Waals surface area contributed by atoms with E-state index >= 15 is 0 Å². The van der Waals surface area contributed by atoms with Crippen molar-refractivity contribution in [1.82, 2.24) is 0 Å². The van der Waals surface area contributed by atoms with Crippen LogP contribution in [0, 0.1) is 5.92 Å². The lowest BCUT2D eigenvalue weighted by atomic mass is 10.0. The number of rotatable bonds is 7. The first-order valence-electron chi connectivity index (χ1n) is 6.93. The van der Waals surface area contributed by atoms with Gasteiger partial charge in [-0.2, -0.15) is 0 Å². The molecule has 0 aliphatic rings. The predicted octanol–water partition coefficient (Wildman–Crippen LogP) is 4.33. The summed E-state index contributed by atoms with van der Waals surface area (Å²) in [5, 5.41) is 0. The number of aryl methyl sites for hydroxylation is 1. The van der Waals surface area contributed by atoms with Gasteiger partial charge in [0.1, 0.15) is 12.4 Å². The largest absolute Gasteiger partial charge is 0.491 e. The SMILES string of the molecule is CC.COCCOc1ccc(CCC(C)C)cc1. The molecule has 0 spiro atoms. The molecule has 0 bridgehead atoms. The van der Waals surface area contributed by atoms with Crippen LogP contribution in [0.1, 0.15) is 39.7 Å². The van der Waals surface area contributed by atoms with Crippen LogP contribution in [0.4, 0.5) is 0 Å². The zero-order valence-corrected chi connectivity index (χ0v) is 12.5. The van der Waals surface area contributed by atoms with E-state index in [1.165, 1.54) is 12.0 Å². The minimum Gasteiger partial charge on any atom is -0.491 e. The van der Waals surface area contributed by atoms with Gasteiger partial charge in [-0.1, -0.05) is 39.8 Å². The van der Waals surface area contributed by atoms with Crippen LogP contribution >= 0.6 is 0 Å². The van der Waals surface area contributed by atoms with Crippen LogP contribution < -0.4 is 4.74 Å². The Morgan fingerprint density at radius 2 is 1.61 bits per heavy atom. The predicted molar refractivity (Wildman–Crippen MR) is 78.3 cm³/mol. The summed E-state index contributed by atoms with van der Waals surface area (Å²) in [4.78, 5) is 0. The normalized spacial score (nSPS) is 9.89. The van der Waals surface area contributed by atoms with Crippen LogP contribution in [-0.2, 0) is 11.2 Å². The molecule has 2 nitrogen and oxygen atoms in total. The Balaban J connectivity index is 0.00000137. The average Bonchev–Trinajstić information content (AvgIpc) is 2.40. The van der Waals surface area contributed by atoms with Crippen molar-refractivity contribution in [2.45, 2.75) is 40.5 Å². The highest BCUT2D eigenvalue weighted by molar-refractivity contribution is 5.27. The van der Waals surface area contributed by atoms with Gasteiger partial charge in [0.05, 0.1) is 6.61 Å². The van der Waals surface area contributed by atoms with Crippen molar-refractivity contribution in [1.29, 1.82) is 0 Å². The number of hydrogen-bond donors (Lipinski definition) is 0. The van der Waals surface area contributed by atoms with Gasteiger partial charge in [-0.3, -0.25) is 0 Å². The Morgan fingerprint density at radius 1 is 1.00 bits per heavy atom. The fraction of sp³-hybridized carbons (Fsp3) is 0.625. The number of hydrogen-bond acceptors (Lipinski definition) is 2. The van der Waals surface area contributed by atoms with Gasteiger partial charge in [0.15, 0.2) is 0 Å². The molecule has 0 aliphatic carbocycles. The lowest BCUT2D eigenvalue weighted by molar-refractivity contribution is 0.146. The first kappa shape index (κ1) is 17.0. The summed E-state index contributed by atoms with van der Waals surface area (Å²) in [6.45, 7) is 9.75. The molecule has 0 N–H and O–H groups in total. The molecule has 0 fully saturated rings. The van der Waals surface area contributed by atoms with Gasteiger partial charge in [0.2, 0.25) is 0 Å². The van der Waals surface area contributed by atoms with Crippen molar-refractivity contribution in [2.75, 3.05) is 20.3 Å². The summed E-state index contributed by atoms with van der Waals surface area (Å²) in [7, 11) is 1.68. The second-order valence-electron chi connectivity index (χ2n) is 4.42. The second kappa shape index (κ2) is 11.1. The maximum atomic E-state index is 5.50. The third-order valence-electron chi connectivity index (χ3n) is 2.49. The van der Waals surface area contributed by atoms with E-state index in [1.807, 2.05) is 26.0 Å². The van der Waals surface area contributed by atoms with Gasteiger partial charge in [-0.25, -0.2) is 0 Å². The third-order valence-corrected chi connectivity index (χ3v) is 2.49. The van der Waals surface area contributed by atoms with Crippen molar-refractivity contribution in [3.05, 3.63) is 29.8 Å². The van der Waals surface area contributed by atoms with Crippen LogP contribution in [0.2, 0.25) is 0 Å². The fourth-order valence-corrected chi connectivity index (χ4v) is 1.45. The molecule has 0 aliphatic heterocycles. The van der Waals surface area contributed by atoms with Crippen molar-refractivity contribution >= 4 is 0 Å². The Bertz CT molecular complexity index is 278. The zero-order valence-electron chi connectivity index (χ0n) is 12.5. The molecule has 0 saturated heterocycles. The third kappa shape index (κ3) is 8.13. The maximum Gasteiger partial charge on any atom is 0.119 e. The molecule has 1 aromatic rings. The highest BCUT2D eigenvalue weighted by Gasteiger charge is 1.98.